The van der Waals surface area contributed by atoms with Crippen molar-refractivity contribution < 1.29 is 0 Å². The van der Waals surface area contributed by atoms with E-state index in [9.17, 15) is 0 Å². The van der Waals surface area contributed by atoms with E-state index in [0.29, 0.717) is 0 Å². The molecule has 12 aromatic carbocycles. The third-order valence-electron chi connectivity index (χ3n) is 14.0. The molecule has 0 unspecified atom stereocenters. The van der Waals surface area contributed by atoms with E-state index in [1.54, 1.807) is 0 Å². The van der Waals surface area contributed by atoms with Crippen LogP contribution in [0, 0.1) is 0 Å². The van der Waals surface area contributed by atoms with Gasteiger partial charge in [0, 0.05) is 5.41 Å². The van der Waals surface area contributed by atoms with E-state index in [1.807, 2.05) is 0 Å². The van der Waals surface area contributed by atoms with Crippen molar-refractivity contribution in [2.75, 3.05) is 0 Å². The third-order valence-corrected chi connectivity index (χ3v) is 14.0. The molecule has 0 amide bonds. The Morgan fingerprint density at radius 2 is 0.852 bits per heavy atom. The van der Waals surface area contributed by atoms with Crippen LogP contribution in [0.5, 0.6) is 0 Å². The van der Waals surface area contributed by atoms with Gasteiger partial charge in [0.05, 0.1) is 0 Å². The minimum absolute atomic E-state index is 0.215. The van der Waals surface area contributed by atoms with Crippen LogP contribution >= 0.6 is 0 Å². The Balaban J connectivity index is 1.11. The molecule has 0 spiro atoms. The Bertz CT molecular complexity index is 3830. The van der Waals surface area contributed by atoms with Gasteiger partial charge < -0.3 is 0 Å². The maximum Gasteiger partial charge on any atom is 0.0159 e. The molecule has 0 aromatic heterocycles. The number of fused-ring (bicyclic) bond motifs is 10. The van der Waals surface area contributed by atoms with Crippen molar-refractivity contribution >= 4 is 75.4 Å². The summed E-state index contributed by atoms with van der Waals surface area (Å²) in [6, 6.07) is 77.5. The van der Waals surface area contributed by atoms with Crippen LogP contribution in [0.3, 0.4) is 0 Å². The summed E-state index contributed by atoms with van der Waals surface area (Å²) >= 11 is 0. The Hall–Kier alpha value is -7.54. The zero-order valence-electron chi connectivity index (χ0n) is 34.1. The fraction of sp³-hybridized carbons (Fsp3) is 0.0492. The SMILES string of the molecule is CC1(C)c2ccc(-c3c4ccccc4c(-c4ccccc4)c4c3ccc3ccccc34)cc2-c2cccc3c(-c4c5ccccc5cc5c4ccc4ccccc45)ccc1c23. The molecule has 0 atom stereocenters. The minimum atomic E-state index is -0.215. The molecular weight excluding hydrogens is 733 g/mol. The van der Waals surface area contributed by atoms with E-state index in [-0.39, 0.29) is 5.41 Å². The lowest BCUT2D eigenvalue weighted by atomic mass is 9.67. The van der Waals surface area contributed by atoms with Crippen LogP contribution in [0.25, 0.3) is 120 Å². The minimum Gasteiger partial charge on any atom is -0.0622 e. The van der Waals surface area contributed by atoms with Crippen LogP contribution in [0.15, 0.2) is 206 Å². The summed E-state index contributed by atoms with van der Waals surface area (Å²) in [5.74, 6) is 0. The highest BCUT2D eigenvalue weighted by molar-refractivity contribution is 6.28. The van der Waals surface area contributed by atoms with E-state index in [4.69, 9.17) is 0 Å². The van der Waals surface area contributed by atoms with Crippen LogP contribution in [0.1, 0.15) is 25.0 Å². The lowest BCUT2D eigenvalue weighted by Gasteiger charge is -2.36. The molecule has 1 aliphatic rings. The summed E-state index contributed by atoms with van der Waals surface area (Å²) in [5, 5.41) is 18.0. The Morgan fingerprint density at radius 1 is 0.262 bits per heavy atom. The van der Waals surface area contributed by atoms with E-state index in [1.165, 1.54) is 131 Å². The van der Waals surface area contributed by atoms with Gasteiger partial charge >= 0.3 is 0 Å². The van der Waals surface area contributed by atoms with Gasteiger partial charge in [0.1, 0.15) is 0 Å². The van der Waals surface area contributed by atoms with Gasteiger partial charge in [-0.05, 0) is 143 Å². The maximum atomic E-state index is 2.51. The molecule has 0 radical (unpaired) electrons. The normalized spacial score (nSPS) is 13.2. The summed E-state index contributed by atoms with van der Waals surface area (Å²) in [5.41, 5.74) is 12.8. The zero-order chi connectivity index (χ0) is 40.4. The van der Waals surface area contributed by atoms with Gasteiger partial charge in [0.25, 0.3) is 0 Å². The Kier molecular flexibility index (Phi) is 7.17. The molecule has 13 rings (SSSR count). The molecule has 0 aliphatic heterocycles. The molecule has 284 valence electrons. The van der Waals surface area contributed by atoms with Crippen molar-refractivity contribution in [2.24, 2.45) is 0 Å². The highest BCUT2D eigenvalue weighted by Crippen LogP contribution is 2.54. The zero-order valence-corrected chi connectivity index (χ0v) is 34.1. The van der Waals surface area contributed by atoms with Gasteiger partial charge in [-0.3, -0.25) is 0 Å². The van der Waals surface area contributed by atoms with E-state index >= 15 is 0 Å². The molecule has 0 N–H and O–H groups in total. The Morgan fingerprint density at radius 3 is 1.64 bits per heavy atom. The quantitative estimate of drug-likeness (QED) is 0.124. The van der Waals surface area contributed by atoms with Gasteiger partial charge in [0.2, 0.25) is 0 Å². The van der Waals surface area contributed by atoms with E-state index in [2.05, 4.69) is 220 Å². The standard InChI is InChI=1S/C61H40/c1-61(2)54-33-29-41(56-45-23-12-13-24-46(45)57(39-17-4-3-5-18-39)60-43-21-10-7-16-38(43)28-31-51(56)60)36-53(54)48-26-14-25-47-49(32-34-55(61)59(47)48)58-44-22-11-8-19-40(44)35-52-42-20-9-6-15-37(42)27-30-50(52)58/h3-36H,1-2H3. The first kappa shape index (κ1) is 34.3. The summed E-state index contributed by atoms with van der Waals surface area (Å²) in [4.78, 5) is 0. The first-order valence-corrected chi connectivity index (χ1v) is 21.5. The number of hydrogen-bond acceptors (Lipinski definition) is 0. The maximum absolute atomic E-state index is 2.51. The molecule has 0 saturated carbocycles. The highest BCUT2D eigenvalue weighted by Gasteiger charge is 2.35. The summed E-state index contributed by atoms with van der Waals surface area (Å²) < 4.78 is 0. The molecule has 0 saturated heterocycles. The second kappa shape index (κ2) is 12.7. The van der Waals surface area contributed by atoms with Crippen molar-refractivity contribution in [3.8, 4) is 44.5 Å². The lowest BCUT2D eigenvalue weighted by molar-refractivity contribution is 0.645. The monoisotopic (exact) mass is 772 g/mol. The van der Waals surface area contributed by atoms with Crippen molar-refractivity contribution in [1.29, 1.82) is 0 Å². The van der Waals surface area contributed by atoms with Crippen LogP contribution in [-0.2, 0) is 5.41 Å². The molecule has 61 heavy (non-hydrogen) atoms. The summed E-state index contributed by atoms with van der Waals surface area (Å²) in [6.07, 6.45) is 0. The summed E-state index contributed by atoms with van der Waals surface area (Å²) in [6.45, 7) is 4.84. The van der Waals surface area contributed by atoms with E-state index < -0.39 is 0 Å². The van der Waals surface area contributed by atoms with Crippen molar-refractivity contribution in [3.05, 3.63) is 217 Å². The molecule has 0 nitrogen and oxygen atoms in total. The molecule has 1 aliphatic carbocycles. The predicted molar refractivity (Wildman–Crippen MR) is 263 cm³/mol. The topological polar surface area (TPSA) is 0 Å². The van der Waals surface area contributed by atoms with Crippen LogP contribution in [0.4, 0.5) is 0 Å². The fourth-order valence-corrected chi connectivity index (χ4v) is 11.3. The van der Waals surface area contributed by atoms with Crippen LogP contribution in [0.2, 0.25) is 0 Å². The summed E-state index contributed by atoms with van der Waals surface area (Å²) in [7, 11) is 0. The van der Waals surface area contributed by atoms with Crippen molar-refractivity contribution in [3.63, 3.8) is 0 Å². The van der Waals surface area contributed by atoms with Crippen molar-refractivity contribution in [1.82, 2.24) is 0 Å². The van der Waals surface area contributed by atoms with Crippen LogP contribution in [-0.4, -0.2) is 0 Å². The fourth-order valence-electron chi connectivity index (χ4n) is 11.3. The first-order valence-electron chi connectivity index (χ1n) is 21.5. The molecule has 0 heteroatoms. The molecule has 12 aromatic rings. The molecule has 0 bridgehead atoms. The molecular formula is C61H40. The van der Waals surface area contributed by atoms with Gasteiger partial charge in [0.15, 0.2) is 0 Å². The van der Waals surface area contributed by atoms with Gasteiger partial charge in [-0.1, -0.05) is 208 Å². The van der Waals surface area contributed by atoms with Gasteiger partial charge in [-0.25, -0.2) is 0 Å². The van der Waals surface area contributed by atoms with Gasteiger partial charge in [-0.2, -0.15) is 0 Å². The smallest absolute Gasteiger partial charge is 0.0159 e. The van der Waals surface area contributed by atoms with Crippen LogP contribution < -0.4 is 0 Å². The average Bonchev–Trinajstić information content (AvgIpc) is 3.31. The number of benzene rings is 12. The highest BCUT2D eigenvalue weighted by atomic mass is 14.4. The first-order chi connectivity index (χ1) is 30.0. The second-order valence-corrected chi connectivity index (χ2v) is 17.5. The molecule has 0 fully saturated rings. The lowest BCUT2D eigenvalue weighted by Crippen LogP contribution is -2.23. The van der Waals surface area contributed by atoms with Crippen molar-refractivity contribution in [2.45, 2.75) is 19.3 Å². The second-order valence-electron chi connectivity index (χ2n) is 17.5. The molecule has 0 heterocycles. The number of rotatable bonds is 3. The van der Waals surface area contributed by atoms with Gasteiger partial charge in [-0.15, -0.1) is 0 Å². The third kappa shape index (κ3) is 4.82. The van der Waals surface area contributed by atoms with E-state index in [0.717, 1.165) is 0 Å². The average molecular weight is 773 g/mol. The Labute approximate surface area is 355 Å². The largest absolute Gasteiger partial charge is 0.0622 e. The predicted octanol–water partition coefficient (Wildman–Crippen LogP) is 17.1. The number of hydrogen-bond donors (Lipinski definition) is 0.